The molecule has 0 saturated carbocycles. The van der Waals surface area contributed by atoms with Crippen LogP contribution in [-0.4, -0.2) is 37.1 Å². The minimum absolute atomic E-state index is 0.688. The lowest BCUT2D eigenvalue weighted by Crippen LogP contribution is -2.31. The molecule has 96 valence electrons. The van der Waals surface area contributed by atoms with E-state index >= 15 is 0 Å². The summed E-state index contributed by atoms with van der Waals surface area (Å²) in [5.41, 5.74) is 0. The molecule has 1 rings (SSSR count). The lowest BCUT2D eigenvalue weighted by molar-refractivity contribution is 0.324. The molecule has 0 aromatic rings. The summed E-state index contributed by atoms with van der Waals surface area (Å²) < 4.78 is 0. The minimum atomic E-state index is 0.688. The Balaban J connectivity index is 1.93. The lowest BCUT2D eigenvalue weighted by Gasteiger charge is -2.19. The summed E-state index contributed by atoms with van der Waals surface area (Å²) in [6.45, 7) is 12.1. The topological polar surface area (TPSA) is 15.3 Å². The van der Waals surface area contributed by atoms with Gasteiger partial charge in [0.2, 0.25) is 0 Å². The molecule has 1 heterocycles. The van der Waals surface area contributed by atoms with Crippen molar-refractivity contribution in [2.24, 2.45) is 5.92 Å². The van der Waals surface area contributed by atoms with E-state index in [0.717, 1.165) is 5.92 Å². The first-order valence-corrected chi connectivity index (χ1v) is 7.18. The average Bonchev–Trinajstić information content (AvgIpc) is 2.77. The van der Waals surface area contributed by atoms with Gasteiger partial charge in [-0.15, -0.1) is 0 Å². The highest BCUT2D eigenvalue weighted by atomic mass is 15.1. The molecule has 2 nitrogen and oxygen atoms in total. The van der Waals surface area contributed by atoms with Crippen LogP contribution in [0, 0.1) is 5.92 Å². The largest absolute Gasteiger partial charge is 0.314 e. The average molecular weight is 226 g/mol. The van der Waals surface area contributed by atoms with E-state index in [1.54, 1.807) is 0 Å². The van der Waals surface area contributed by atoms with Gasteiger partial charge in [-0.1, -0.05) is 20.3 Å². The van der Waals surface area contributed by atoms with Gasteiger partial charge >= 0.3 is 0 Å². The zero-order chi connectivity index (χ0) is 11.8. The Morgan fingerprint density at radius 3 is 2.50 bits per heavy atom. The van der Waals surface area contributed by atoms with Crippen molar-refractivity contribution >= 4 is 0 Å². The van der Waals surface area contributed by atoms with Crippen molar-refractivity contribution in [1.29, 1.82) is 0 Å². The summed E-state index contributed by atoms with van der Waals surface area (Å²) in [5.74, 6) is 0.862. The van der Waals surface area contributed by atoms with Crippen LogP contribution in [0.4, 0.5) is 0 Å². The molecular formula is C14H30N2. The normalized spacial score (nSPS) is 21.2. The standard InChI is InChI=1S/C14H30N2/c1-4-13(2)12-14(3)15-8-7-11-16-9-5-6-10-16/h13-15H,4-12H2,1-3H3. The second kappa shape index (κ2) is 8.08. The van der Waals surface area contributed by atoms with E-state index in [1.165, 1.54) is 58.3 Å². The van der Waals surface area contributed by atoms with Crippen LogP contribution >= 0.6 is 0 Å². The Morgan fingerprint density at radius 1 is 1.19 bits per heavy atom. The third kappa shape index (κ3) is 5.86. The molecule has 0 aromatic heterocycles. The molecule has 0 aliphatic carbocycles. The number of hydrogen-bond donors (Lipinski definition) is 1. The fourth-order valence-corrected chi connectivity index (χ4v) is 2.51. The van der Waals surface area contributed by atoms with Gasteiger partial charge in [-0.05, 0) is 64.7 Å². The van der Waals surface area contributed by atoms with Crippen molar-refractivity contribution in [2.45, 2.75) is 58.9 Å². The molecule has 2 unspecified atom stereocenters. The Labute approximate surface area is 102 Å². The Kier molecular flexibility index (Phi) is 7.06. The van der Waals surface area contributed by atoms with Crippen molar-refractivity contribution in [1.82, 2.24) is 10.2 Å². The maximum atomic E-state index is 3.65. The van der Waals surface area contributed by atoms with Crippen LogP contribution in [0.15, 0.2) is 0 Å². The molecule has 1 aliphatic heterocycles. The molecular weight excluding hydrogens is 196 g/mol. The molecule has 0 bridgehead atoms. The van der Waals surface area contributed by atoms with E-state index in [1.807, 2.05) is 0 Å². The molecule has 0 radical (unpaired) electrons. The van der Waals surface area contributed by atoms with Crippen molar-refractivity contribution in [2.75, 3.05) is 26.2 Å². The maximum Gasteiger partial charge on any atom is 0.00412 e. The van der Waals surface area contributed by atoms with Gasteiger partial charge in [-0.25, -0.2) is 0 Å². The molecule has 2 atom stereocenters. The summed E-state index contributed by atoms with van der Waals surface area (Å²) in [6, 6.07) is 0.688. The Morgan fingerprint density at radius 2 is 1.88 bits per heavy atom. The summed E-state index contributed by atoms with van der Waals surface area (Å²) in [7, 11) is 0. The molecule has 2 heteroatoms. The van der Waals surface area contributed by atoms with E-state index < -0.39 is 0 Å². The summed E-state index contributed by atoms with van der Waals surface area (Å²) in [5, 5.41) is 3.65. The van der Waals surface area contributed by atoms with Crippen LogP contribution in [0.3, 0.4) is 0 Å². The quantitative estimate of drug-likeness (QED) is 0.640. The van der Waals surface area contributed by atoms with E-state index in [4.69, 9.17) is 0 Å². The van der Waals surface area contributed by atoms with E-state index in [0.29, 0.717) is 6.04 Å². The van der Waals surface area contributed by atoms with E-state index in [2.05, 4.69) is 31.0 Å². The van der Waals surface area contributed by atoms with Crippen LogP contribution < -0.4 is 5.32 Å². The van der Waals surface area contributed by atoms with Crippen LogP contribution in [0.2, 0.25) is 0 Å². The molecule has 1 saturated heterocycles. The van der Waals surface area contributed by atoms with Gasteiger partial charge in [0.1, 0.15) is 0 Å². The SMILES string of the molecule is CCC(C)CC(C)NCCCN1CCCC1. The molecule has 0 spiro atoms. The number of likely N-dealkylation sites (tertiary alicyclic amines) is 1. The smallest absolute Gasteiger partial charge is 0.00412 e. The molecule has 1 fully saturated rings. The van der Waals surface area contributed by atoms with Crippen molar-refractivity contribution in [3.05, 3.63) is 0 Å². The van der Waals surface area contributed by atoms with Crippen molar-refractivity contribution < 1.29 is 0 Å². The maximum absolute atomic E-state index is 3.65. The minimum Gasteiger partial charge on any atom is -0.314 e. The highest BCUT2D eigenvalue weighted by Crippen LogP contribution is 2.10. The van der Waals surface area contributed by atoms with Crippen LogP contribution in [0.1, 0.15) is 52.9 Å². The number of rotatable bonds is 8. The van der Waals surface area contributed by atoms with Gasteiger partial charge in [0.25, 0.3) is 0 Å². The van der Waals surface area contributed by atoms with Crippen molar-refractivity contribution in [3.63, 3.8) is 0 Å². The molecule has 1 aliphatic rings. The summed E-state index contributed by atoms with van der Waals surface area (Å²) in [4.78, 5) is 2.60. The van der Waals surface area contributed by atoms with E-state index in [9.17, 15) is 0 Å². The van der Waals surface area contributed by atoms with Gasteiger partial charge in [0.15, 0.2) is 0 Å². The zero-order valence-corrected chi connectivity index (χ0v) is 11.5. The van der Waals surface area contributed by atoms with Gasteiger partial charge in [0.05, 0.1) is 0 Å². The second-order valence-electron chi connectivity index (χ2n) is 5.51. The predicted octanol–water partition coefficient (Wildman–Crippen LogP) is 2.89. The monoisotopic (exact) mass is 226 g/mol. The zero-order valence-electron chi connectivity index (χ0n) is 11.5. The Hall–Kier alpha value is -0.0800. The first-order valence-electron chi connectivity index (χ1n) is 7.18. The summed E-state index contributed by atoms with van der Waals surface area (Å²) >= 11 is 0. The predicted molar refractivity (Wildman–Crippen MR) is 71.8 cm³/mol. The molecule has 0 aromatic carbocycles. The highest BCUT2D eigenvalue weighted by Gasteiger charge is 2.10. The third-order valence-corrected chi connectivity index (χ3v) is 3.80. The number of nitrogens with zero attached hydrogens (tertiary/aromatic N) is 1. The number of nitrogens with one attached hydrogen (secondary N) is 1. The first kappa shape index (κ1) is 14.0. The fraction of sp³-hybridized carbons (Fsp3) is 1.00. The third-order valence-electron chi connectivity index (χ3n) is 3.80. The number of hydrogen-bond acceptors (Lipinski definition) is 2. The van der Waals surface area contributed by atoms with E-state index in [-0.39, 0.29) is 0 Å². The lowest BCUT2D eigenvalue weighted by atomic mass is 10.0. The van der Waals surface area contributed by atoms with Gasteiger partial charge in [-0.2, -0.15) is 0 Å². The van der Waals surface area contributed by atoms with Crippen LogP contribution in [-0.2, 0) is 0 Å². The first-order chi connectivity index (χ1) is 7.72. The molecule has 1 N–H and O–H groups in total. The molecule has 0 amide bonds. The Bertz CT molecular complexity index is 164. The fourth-order valence-electron chi connectivity index (χ4n) is 2.51. The van der Waals surface area contributed by atoms with Gasteiger partial charge in [-0.3, -0.25) is 0 Å². The van der Waals surface area contributed by atoms with Crippen molar-refractivity contribution in [3.8, 4) is 0 Å². The highest BCUT2D eigenvalue weighted by molar-refractivity contribution is 4.68. The van der Waals surface area contributed by atoms with Gasteiger partial charge < -0.3 is 10.2 Å². The summed E-state index contributed by atoms with van der Waals surface area (Å²) in [6.07, 6.45) is 6.76. The molecule has 16 heavy (non-hydrogen) atoms. The van der Waals surface area contributed by atoms with Crippen LogP contribution in [0.25, 0.3) is 0 Å². The van der Waals surface area contributed by atoms with Crippen LogP contribution in [0.5, 0.6) is 0 Å². The second-order valence-corrected chi connectivity index (χ2v) is 5.51. The van der Waals surface area contributed by atoms with Gasteiger partial charge in [0, 0.05) is 6.04 Å².